The highest BCUT2D eigenvalue weighted by Gasteiger charge is 2.03. The summed E-state index contributed by atoms with van der Waals surface area (Å²) in [6.07, 6.45) is 2.52. The lowest BCUT2D eigenvalue weighted by atomic mass is 10.1. The first-order valence-corrected chi connectivity index (χ1v) is 8.00. The summed E-state index contributed by atoms with van der Waals surface area (Å²) in [5.74, 6) is 0.855. The van der Waals surface area contributed by atoms with Crippen LogP contribution in [0.2, 0.25) is 5.02 Å². The first-order chi connectivity index (χ1) is 11.7. The Bertz CT molecular complexity index is 875. The van der Waals surface area contributed by atoms with Gasteiger partial charge in [-0.25, -0.2) is 0 Å². The second-order valence-electron chi connectivity index (χ2n) is 5.50. The van der Waals surface area contributed by atoms with Crippen LogP contribution >= 0.6 is 11.6 Å². The number of methoxy groups -OCH3 is 1. The minimum atomic E-state index is 0.673. The Morgan fingerprint density at radius 2 is 1.96 bits per heavy atom. The Hall–Kier alpha value is -2.59. The quantitative estimate of drug-likeness (QED) is 0.529. The molecule has 3 rings (SSSR count). The second kappa shape index (κ2) is 7.32. The lowest BCUT2D eigenvalue weighted by Gasteiger charge is -2.07. The first-order valence-electron chi connectivity index (χ1n) is 7.62. The van der Waals surface area contributed by atoms with Crippen molar-refractivity contribution in [2.45, 2.75) is 13.3 Å². The molecule has 2 aromatic carbocycles. The van der Waals surface area contributed by atoms with E-state index in [1.54, 1.807) is 13.3 Å². The minimum Gasteiger partial charge on any atom is -0.497 e. The number of fused-ring (bicyclic) bond motifs is 1. The van der Waals surface area contributed by atoms with Crippen molar-refractivity contribution in [1.82, 2.24) is 4.98 Å². The van der Waals surface area contributed by atoms with Crippen LogP contribution in [0.4, 0.5) is 5.69 Å². The highest BCUT2D eigenvalue weighted by molar-refractivity contribution is 6.31. The zero-order chi connectivity index (χ0) is 16.9. The predicted molar refractivity (Wildman–Crippen MR) is 100 cm³/mol. The molecule has 0 aliphatic heterocycles. The molecule has 0 radical (unpaired) electrons. The number of rotatable bonds is 5. The van der Waals surface area contributed by atoms with Gasteiger partial charge in [0.05, 0.1) is 18.3 Å². The smallest absolute Gasteiger partial charge is 0.118 e. The highest BCUT2D eigenvalue weighted by atomic mass is 35.5. The van der Waals surface area contributed by atoms with Gasteiger partial charge in [0.15, 0.2) is 0 Å². The van der Waals surface area contributed by atoms with Crippen LogP contribution in [0.15, 0.2) is 59.8 Å². The van der Waals surface area contributed by atoms with Crippen molar-refractivity contribution in [3.63, 3.8) is 0 Å². The zero-order valence-corrected chi connectivity index (χ0v) is 14.3. The van der Waals surface area contributed by atoms with E-state index in [0.717, 1.165) is 34.5 Å². The van der Waals surface area contributed by atoms with Crippen molar-refractivity contribution in [3.8, 4) is 5.75 Å². The monoisotopic (exact) mass is 339 g/mol. The average molecular weight is 340 g/mol. The van der Waals surface area contributed by atoms with E-state index in [1.165, 1.54) is 5.56 Å². The number of nitrogens with one attached hydrogen (secondary N) is 1. The number of ether oxygens (including phenoxy) is 1. The molecule has 0 aliphatic carbocycles. The Morgan fingerprint density at radius 1 is 1.17 bits per heavy atom. The molecule has 0 amide bonds. The summed E-state index contributed by atoms with van der Waals surface area (Å²) in [5, 5.41) is 6.14. The van der Waals surface area contributed by atoms with Gasteiger partial charge in [-0.1, -0.05) is 23.7 Å². The van der Waals surface area contributed by atoms with E-state index >= 15 is 0 Å². The predicted octanol–water partition coefficient (Wildman–Crippen LogP) is 4.93. The summed E-state index contributed by atoms with van der Waals surface area (Å²) in [6.45, 7) is 2.00. The van der Waals surface area contributed by atoms with Crippen LogP contribution in [-0.2, 0) is 6.42 Å². The molecule has 122 valence electrons. The van der Waals surface area contributed by atoms with Gasteiger partial charge < -0.3 is 4.74 Å². The molecule has 1 heterocycles. The molecule has 3 aromatic rings. The fourth-order valence-electron chi connectivity index (χ4n) is 2.45. The normalized spacial score (nSPS) is 11.5. The molecule has 24 heavy (non-hydrogen) atoms. The van der Waals surface area contributed by atoms with E-state index in [0.29, 0.717) is 5.02 Å². The Morgan fingerprint density at radius 3 is 2.71 bits per heavy atom. The number of hydrazone groups is 1. The average Bonchev–Trinajstić information content (AvgIpc) is 2.60. The molecule has 0 saturated heterocycles. The first kappa shape index (κ1) is 16.3. The molecular formula is C19H18ClN3O. The number of aromatic nitrogens is 1. The van der Waals surface area contributed by atoms with Gasteiger partial charge in [0.2, 0.25) is 0 Å². The molecule has 5 heteroatoms. The van der Waals surface area contributed by atoms with Crippen LogP contribution in [0.3, 0.4) is 0 Å². The maximum absolute atomic E-state index is 6.01. The van der Waals surface area contributed by atoms with Crippen LogP contribution in [0.5, 0.6) is 5.75 Å². The number of benzene rings is 2. The van der Waals surface area contributed by atoms with Crippen LogP contribution in [0.1, 0.15) is 12.5 Å². The largest absolute Gasteiger partial charge is 0.497 e. The van der Waals surface area contributed by atoms with Gasteiger partial charge in [0, 0.05) is 28.7 Å². The minimum absolute atomic E-state index is 0.673. The van der Waals surface area contributed by atoms with Crippen LogP contribution < -0.4 is 10.2 Å². The molecular weight excluding hydrogens is 322 g/mol. The maximum atomic E-state index is 6.01. The lowest BCUT2D eigenvalue weighted by Crippen LogP contribution is -2.02. The molecule has 0 spiro atoms. The molecule has 0 fully saturated rings. The number of hydrogen-bond acceptors (Lipinski definition) is 4. The third kappa shape index (κ3) is 3.84. The number of hydrogen-bond donors (Lipinski definition) is 1. The van der Waals surface area contributed by atoms with Crippen molar-refractivity contribution in [3.05, 3.63) is 65.3 Å². The standard InChI is InChI=1S/C19H18ClN3O/c1-13(11-14-3-6-16(24-2)7-4-14)22-23-18-9-10-21-19-12-15(20)5-8-17(18)19/h3-10,12H,11H2,1-2H3,(H,21,23)/b22-13+. The van der Waals surface area contributed by atoms with Crippen LogP contribution in [0.25, 0.3) is 10.9 Å². The molecule has 4 nitrogen and oxygen atoms in total. The maximum Gasteiger partial charge on any atom is 0.118 e. The van der Waals surface area contributed by atoms with Crippen LogP contribution in [-0.4, -0.2) is 17.8 Å². The highest BCUT2D eigenvalue weighted by Crippen LogP contribution is 2.24. The van der Waals surface area contributed by atoms with Gasteiger partial charge in [-0.15, -0.1) is 0 Å². The number of halogens is 1. The molecule has 0 unspecified atom stereocenters. The SMILES string of the molecule is COc1ccc(C/C(C)=N/Nc2ccnc3cc(Cl)ccc23)cc1. The summed E-state index contributed by atoms with van der Waals surface area (Å²) in [5.41, 5.74) is 7.05. The molecule has 0 aliphatic rings. The summed E-state index contributed by atoms with van der Waals surface area (Å²) in [6, 6.07) is 15.5. The van der Waals surface area contributed by atoms with Gasteiger partial charge in [-0.3, -0.25) is 10.4 Å². The molecule has 0 saturated carbocycles. The molecule has 0 bridgehead atoms. The third-order valence-corrected chi connectivity index (χ3v) is 3.93. The van der Waals surface area contributed by atoms with Crippen molar-refractivity contribution in [2.24, 2.45) is 5.10 Å². The fourth-order valence-corrected chi connectivity index (χ4v) is 2.62. The summed E-state index contributed by atoms with van der Waals surface area (Å²) in [7, 11) is 1.66. The zero-order valence-electron chi connectivity index (χ0n) is 13.6. The van der Waals surface area contributed by atoms with Crippen molar-refractivity contribution < 1.29 is 4.74 Å². The Kier molecular flexibility index (Phi) is 4.96. The lowest BCUT2D eigenvalue weighted by molar-refractivity contribution is 0.414. The van der Waals surface area contributed by atoms with Crippen molar-refractivity contribution in [2.75, 3.05) is 12.5 Å². The summed E-state index contributed by atoms with van der Waals surface area (Å²) >= 11 is 6.01. The van der Waals surface area contributed by atoms with Gasteiger partial charge >= 0.3 is 0 Å². The van der Waals surface area contributed by atoms with Gasteiger partial charge in [-0.2, -0.15) is 5.10 Å². The third-order valence-electron chi connectivity index (χ3n) is 3.69. The number of nitrogens with zero attached hydrogens (tertiary/aromatic N) is 2. The second-order valence-corrected chi connectivity index (χ2v) is 5.94. The van der Waals surface area contributed by atoms with Crippen molar-refractivity contribution in [1.29, 1.82) is 0 Å². The van der Waals surface area contributed by atoms with E-state index in [9.17, 15) is 0 Å². The topological polar surface area (TPSA) is 46.5 Å². The molecule has 1 aromatic heterocycles. The fraction of sp³-hybridized carbons (Fsp3) is 0.158. The van der Waals surface area contributed by atoms with Crippen LogP contribution in [0, 0.1) is 0 Å². The Labute approximate surface area is 146 Å². The van der Waals surface area contributed by atoms with Crippen molar-refractivity contribution >= 4 is 33.9 Å². The van der Waals surface area contributed by atoms with E-state index in [4.69, 9.17) is 16.3 Å². The molecule has 1 N–H and O–H groups in total. The van der Waals surface area contributed by atoms with E-state index in [1.807, 2.05) is 55.5 Å². The van der Waals surface area contributed by atoms with Gasteiger partial charge in [-0.05, 0) is 48.9 Å². The van der Waals surface area contributed by atoms with E-state index in [-0.39, 0.29) is 0 Å². The van der Waals surface area contributed by atoms with Gasteiger partial charge in [0.1, 0.15) is 5.75 Å². The molecule has 0 atom stereocenters. The van der Waals surface area contributed by atoms with E-state index in [2.05, 4.69) is 15.5 Å². The van der Waals surface area contributed by atoms with E-state index < -0.39 is 0 Å². The van der Waals surface area contributed by atoms with Gasteiger partial charge in [0.25, 0.3) is 0 Å². The number of pyridine rings is 1. The summed E-state index contributed by atoms with van der Waals surface area (Å²) < 4.78 is 5.17. The Balaban J connectivity index is 1.74. The summed E-state index contributed by atoms with van der Waals surface area (Å²) in [4.78, 5) is 4.33. The number of anilines is 1.